The van der Waals surface area contributed by atoms with Crippen molar-refractivity contribution in [2.75, 3.05) is 0 Å². The molecule has 1 N–H and O–H groups in total. The normalized spacial score (nSPS) is 17.6. The molecule has 1 radical (unpaired) electrons. The number of hydrogen-bond acceptors (Lipinski definition) is 3. The van der Waals surface area contributed by atoms with Gasteiger partial charge in [0, 0.05) is 0 Å². The molecule has 1 heterocycles. The molecule has 0 aromatic rings. The first kappa shape index (κ1) is 2.47. The van der Waals surface area contributed by atoms with Crippen LogP contribution in [0.3, 0.4) is 0 Å². The van der Waals surface area contributed by atoms with E-state index in [0.29, 0.717) is 0 Å². The van der Waals surface area contributed by atoms with Gasteiger partial charge in [0.1, 0.15) is 0 Å². The van der Waals surface area contributed by atoms with E-state index < -0.39 is 0 Å². The maximum Gasteiger partial charge on any atom is 0.225 e. The molecule has 1 aliphatic heterocycles. The van der Waals surface area contributed by atoms with E-state index in [1.807, 2.05) is 0 Å². The number of rotatable bonds is 0. The summed E-state index contributed by atoms with van der Waals surface area (Å²) < 4.78 is 0. The summed E-state index contributed by atoms with van der Waals surface area (Å²) in [5.41, 5.74) is 5.31. The molecule has 4 heteroatoms. The first-order chi connectivity index (χ1) is 2.50. The van der Waals surface area contributed by atoms with E-state index in [1.165, 1.54) is 6.40 Å². The fraction of sp³-hybridized carbons (Fsp3) is 0. The fourth-order valence-electron chi connectivity index (χ4n) is 0.118. The van der Waals surface area contributed by atoms with Crippen LogP contribution in [0.1, 0.15) is 0 Å². The van der Waals surface area contributed by atoms with Crippen LogP contribution in [0, 0.1) is 0 Å². The van der Waals surface area contributed by atoms with E-state index in [4.69, 9.17) is 0 Å². The molecule has 0 aromatic heterocycles. The highest BCUT2D eigenvalue weighted by molar-refractivity contribution is 5.45. The van der Waals surface area contributed by atoms with Gasteiger partial charge >= 0.3 is 0 Å². The van der Waals surface area contributed by atoms with Gasteiger partial charge in [0.15, 0.2) is 0 Å². The van der Waals surface area contributed by atoms with Crippen LogP contribution in [0.2, 0.25) is 0 Å². The second-order valence-corrected chi connectivity index (χ2v) is 0.530. The van der Waals surface area contributed by atoms with Crippen molar-refractivity contribution in [1.82, 2.24) is 11.1 Å². The van der Waals surface area contributed by atoms with Crippen molar-refractivity contribution in [1.29, 1.82) is 0 Å². The predicted octanol–water partition coefficient (Wildman–Crippen LogP) is -1.02. The van der Waals surface area contributed by atoms with E-state index in [1.54, 1.807) is 0 Å². The summed E-state index contributed by atoms with van der Waals surface area (Å²) in [6.07, 6.45) is 1.21. The molecule has 5 heavy (non-hydrogen) atoms. The minimum atomic E-state index is 1.21. The highest BCUT2D eigenvalue weighted by Crippen LogP contribution is 1.64. The molecule has 27 valence electrons. The van der Waals surface area contributed by atoms with Gasteiger partial charge in [0.25, 0.3) is 0 Å². The molecule has 0 aromatic carbocycles. The fourth-order valence-corrected chi connectivity index (χ4v) is 0.118. The van der Waals surface area contributed by atoms with Crippen LogP contribution in [-0.2, 0) is 4.84 Å². The van der Waals surface area contributed by atoms with Gasteiger partial charge in [-0.2, -0.15) is 0 Å². The zero-order chi connectivity index (χ0) is 3.54. The minimum absolute atomic E-state index is 1.21. The summed E-state index contributed by atoms with van der Waals surface area (Å²) in [4.78, 5) is 4.24. The van der Waals surface area contributed by atoms with Gasteiger partial charge in [-0.05, 0) is 5.59 Å². The largest absolute Gasteiger partial charge is 0.372 e. The zero-order valence-electron chi connectivity index (χ0n) is 2.38. The van der Waals surface area contributed by atoms with Gasteiger partial charge in [0.2, 0.25) is 6.40 Å². The number of nitrogens with one attached hydrogen (secondary N) is 1. The lowest BCUT2D eigenvalue weighted by Gasteiger charge is -1.77. The lowest BCUT2D eigenvalue weighted by atomic mass is 11.5. The first-order valence-corrected chi connectivity index (χ1v) is 1.12. The average molecular weight is 72.0 g/mol. The van der Waals surface area contributed by atoms with E-state index in [2.05, 4.69) is 21.1 Å². The maximum absolute atomic E-state index is 4.24. The smallest absolute Gasteiger partial charge is 0.225 e. The molecule has 0 bridgehead atoms. The van der Waals surface area contributed by atoms with Gasteiger partial charge in [-0.25, -0.2) is 0 Å². The number of nitrogens with zero attached hydrogens (tertiary/aromatic N) is 2. The Hall–Kier alpha value is -0.770. The highest BCUT2D eigenvalue weighted by Gasteiger charge is 1.83. The Kier molecular flexibility index (Phi) is 0.443. The van der Waals surface area contributed by atoms with Crippen molar-refractivity contribution in [2.24, 2.45) is 5.10 Å². The van der Waals surface area contributed by atoms with E-state index in [0.717, 1.165) is 0 Å². The molecule has 4 nitrogen and oxygen atoms in total. The monoisotopic (exact) mass is 72.0 g/mol. The van der Waals surface area contributed by atoms with Crippen molar-refractivity contribution in [2.45, 2.75) is 0 Å². The van der Waals surface area contributed by atoms with Crippen molar-refractivity contribution >= 4 is 6.40 Å². The van der Waals surface area contributed by atoms with Gasteiger partial charge in [-0.3, -0.25) is 0 Å². The van der Waals surface area contributed by atoms with Crippen LogP contribution in [0.5, 0.6) is 0 Å². The molecule has 0 unspecified atom stereocenters. The van der Waals surface area contributed by atoms with Crippen molar-refractivity contribution < 1.29 is 4.84 Å². The molecule has 0 amide bonds. The summed E-state index contributed by atoms with van der Waals surface area (Å²) in [7, 11) is 0. The Balaban J connectivity index is 2.32. The van der Waals surface area contributed by atoms with E-state index in [9.17, 15) is 0 Å². The molecule has 0 aliphatic carbocycles. The molecule has 0 saturated carbocycles. The molecule has 1 aliphatic rings. The van der Waals surface area contributed by atoms with Gasteiger partial charge < -0.3 is 4.84 Å². The Morgan fingerprint density at radius 1 is 1.80 bits per heavy atom. The second kappa shape index (κ2) is 0.898. The molecular formula is CH2N3O. The molecule has 0 fully saturated rings. The molecule has 1 rings (SSSR count). The predicted molar refractivity (Wildman–Crippen MR) is 14.8 cm³/mol. The van der Waals surface area contributed by atoms with Crippen LogP contribution in [0.25, 0.3) is 0 Å². The summed E-state index contributed by atoms with van der Waals surface area (Å²) >= 11 is 0. The summed E-state index contributed by atoms with van der Waals surface area (Å²) in [6, 6.07) is 0. The van der Waals surface area contributed by atoms with Crippen LogP contribution >= 0.6 is 0 Å². The van der Waals surface area contributed by atoms with Gasteiger partial charge in [-0.1, -0.05) is 5.53 Å². The molecule has 0 atom stereocenters. The van der Waals surface area contributed by atoms with Crippen LogP contribution in [0.15, 0.2) is 5.10 Å². The van der Waals surface area contributed by atoms with Gasteiger partial charge in [-0.15, -0.1) is 5.10 Å². The zero-order valence-corrected chi connectivity index (χ0v) is 2.38. The third-order valence-electron chi connectivity index (χ3n) is 0.251. The Morgan fingerprint density at radius 2 is 2.80 bits per heavy atom. The second-order valence-electron chi connectivity index (χ2n) is 0.530. The summed E-state index contributed by atoms with van der Waals surface area (Å²) in [6.45, 7) is 0. The Labute approximate surface area is 28.7 Å². The highest BCUT2D eigenvalue weighted by atomic mass is 16.7. The lowest BCUT2D eigenvalue weighted by Crippen LogP contribution is -2.10. The maximum atomic E-state index is 4.24. The quantitative estimate of drug-likeness (QED) is 0.398. The van der Waals surface area contributed by atoms with Crippen LogP contribution in [0.4, 0.5) is 0 Å². The van der Waals surface area contributed by atoms with Crippen LogP contribution in [-0.4, -0.2) is 6.40 Å². The topological polar surface area (TPSA) is 47.7 Å². The summed E-state index contributed by atoms with van der Waals surface area (Å²) in [5.74, 6) is 0. The molecular weight excluding hydrogens is 70.0 g/mol. The number of hydrogen-bond donors (Lipinski definition) is 1. The van der Waals surface area contributed by atoms with Crippen LogP contribution < -0.4 is 11.1 Å². The third-order valence-corrected chi connectivity index (χ3v) is 0.251. The standard InChI is InChI=1S/CH2N3O/c1-2-3-4-5-1/h1,4H. The van der Waals surface area contributed by atoms with E-state index in [-0.39, 0.29) is 0 Å². The minimum Gasteiger partial charge on any atom is -0.372 e. The Bertz CT molecular complexity index is 44.9. The Morgan fingerprint density at radius 3 is 3.00 bits per heavy atom. The van der Waals surface area contributed by atoms with Crippen molar-refractivity contribution in [3.63, 3.8) is 0 Å². The van der Waals surface area contributed by atoms with Crippen molar-refractivity contribution in [3.8, 4) is 0 Å². The molecule has 0 spiro atoms. The third kappa shape index (κ3) is 0.273. The van der Waals surface area contributed by atoms with E-state index >= 15 is 0 Å². The lowest BCUT2D eigenvalue weighted by molar-refractivity contribution is 0.178. The van der Waals surface area contributed by atoms with Crippen molar-refractivity contribution in [3.05, 3.63) is 0 Å². The SMILES string of the molecule is C1=N[N]NO1. The first-order valence-electron chi connectivity index (χ1n) is 1.12. The van der Waals surface area contributed by atoms with Gasteiger partial charge in [0.05, 0.1) is 0 Å². The average Bonchev–Trinajstić information content (AvgIpc) is 1.76. The molecule has 0 saturated heterocycles. The summed E-state index contributed by atoms with van der Waals surface area (Å²) in [5, 5.41) is 3.25.